The number of carbonyl (C=O) groups excluding carboxylic acids is 1. The minimum atomic E-state index is -0.493. The normalized spacial score (nSPS) is 19.6. The van der Waals surface area contributed by atoms with E-state index in [2.05, 4.69) is 15.3 Å². The van der Waals surface area contributed by atoms with E-state index >= 15 is 4.39 Å². The molecule has 0 aliphatic carbocycles. The van der Waals surface area contributed by atoms with Gasteiger partial charge >= 0.3 is 0 Å². The smallest absolute Gasteiger partial charge is 0.210 e. The minimum Gasteiger partial charge on any atom is -0.493 e. The van der Waals surface area contributed by atoms with Gasteiger partial charge in [0.25, 0.3) is 0 Å². The first-order chi connectivity index (χ1) is 16.5. The average Bonchev–Trinajstić information content (AvgIpc) is 3.32. The van der Waals surface area contributed by atoms with Gasteiger partial charge < -0.3 is 24.8 Å². The van der Waals surface area contributed by atoms with E-state index in [-0.39, 0.29) is 17.0 Å². The van der Waals surface area contributed by atoms with Crippen LogP contribution in [0.1, 0.15) is 36.1 Å². The quantitative estimate of drug-likeness (QED) is 0.530. The Morgan fingerprint density at radius 2 is 2.00 bits per heavy atom. The van der Waals surface area contributed by atoms with Crippen molar-refractivity contribution in [1.82, 2.24) is 20.2 Å². The molecule has 7 nitrogen and oxygen atoms in total. The predicted molar refractivity (Wildman–Crippen MR) is 127 cm³/mol. The number of pyridine rings is 1. The molecule has 0 saturated carbocycles. The number of hydrogen-bond donors (Lipinski definition) is 2. The second-order valence-corrected chi connectivity index (χ2v) is 9.19. The Labute approximate surface area is 201 Å². The Morgan fingerprint density at radius 3 is 2.74 bits per heavy atom. The Morgan fingerprint density at radius 1 is 1.21 bits per heavy atom. The summed E-state index contributed by atoms with van der Waals surface area (Å²) in [7, 11) is 1.46. The number of aromatic amines is 1. The highest BCUT2D eigenvalue weighted by Crippen LogP contribution is 2.39. The Bertz CT molecular complexity index is 1210. The van der Waals surface area contributed by atoms with Crippen LogP contribution in [0.4, 0.5) is 14.6 Å². The van der Waals surface area contributed by atoms with Crippen LogP contribution in [0.2, 0.25) is 5.02 Å². The van der Waals surface area contributed by atoms with E-state index in [1.54, 1.807) is 11.0 Å². The number of piperazine rings is 1. The lowest BCUT2D eigenvalue weighted by Crippen LogP contribution is -2.48. The van der Waals surface area contributed by atoms with Crippen LogP contribution in [0.3, 0.4) is 0 Å². The maximum absolute atomic E-state index is 15.1. The van der Waals surface area contributed by atoms with Crippen molar-refractivity contribution in [3.05, 3.63) is 52.3 Å². The molecule has 5 rings (SSSR count). The summed E-state index contributed by atoms with van der Waals surface area (Å²) < 4.78 is 34.0. The topological polar surface area (TPSA) is 73.5 Å². The predicted octanol–water partition coefficient (Wildman–Crippen LogP) is 3.99. The SMILES string of the molecule is COc1cc(F)cnc1N1CCN(C=O)C(c2cc3c(C4CCNCC4)cc(Cl)c(F)c3[nH]2)C1. The van der Waals surface area contributed by atoms with Crippen molar-refractivity contribution in [1.29, 1.82) is 0 Å². The van der Waals surface area contributed by atoms with Gasteiger partial charge in [0.1, 0.15) is 5.82 Å². The number of ether oxygens (including phenoxy) is 1. The Balaban J connectivity index is 1.54. The summed E-state index contributed by atoms with van der Waals surface area (Å²) in [6.07, 6.45) is 3.85. The minimum absolute atomic E-state index is 0.0900. The van der Waals surface area contributed by atoms with Crippen LogP contribution in [0.25, 0.3) is 10.9 Å². The fraction of sp³-hybridized carbons (Fsp3) is 0.417. The molecule has 1 amide bonds. The van der Waals surface area contributed by atoms with Crippen molar-refractivity contribution in [3.63, 3.8) is 0 Å². The molecule has 2 aliphatic heterocycles. The molecule has 2 saturated heterocycles. The molecule has 0 spiro atoms. The van der Waals surface area contributed by atoms with E-state index < -0.39 is 11.6 Å². The summed E-state index contributed by atoms with van der Waals surface area (Å²) in [6.45, 7) is 3.13. The van der Waals surface area contributed by atoms with Gasteiger partial charge in [-0.05, 0) is 49.5 Å². The number of halogens is 3. The zero-order valence-electron chi connectivity index (χ0n) is 18.8. The number of carbonyl (C=O) groups is 1. The van der Waals surface area contributed by atoms with Crippen LogP contribution in [0.5, 0.6) is 5.75 Å². The number of piperidine rings is 1. The maximum Gasteiger partial charge on any atom is 0.210 e. The van der Waals surface area contributed by atoms with E-state index in [4.69, 9.17) is 16.3 Å². The number of rotatable bonds is 5. The standard InChI is InChI=1S/C24H26ClF2N5O2/c1-34-21-8-15(26)11-29-24(21)31-6-7-32(13-33)20(12-31)19-10-17-16(14-2-4-28-5-3-14)9-18(25)22(27)23(17)30-19/h8-11,13-14,20,28,30H,2-7,12H2,1H3. The second kappa shape index (κ2) is 9.38. The molecule has 180 valence electrons. The lowest BCUT2D eigenvalue weighted by Gasteiger charge is -2.40. The summed E-state index contributed by atoms with van der Waals surface area (Å²) in [4.78, 5) is 23.0. The molecular weight excluding hydrogens is 464 g/mol. The van der Waals surface area contributed by atoms with Crippen molar-refractivity contribution < 1.29 is 18.3 Å². The number of amides is 1. The number of hydrogen-bond acceptors (Lipinski definition) is 5. The average molecular weight is 490 g/mol. The molecule has 2 fully saturated rings. The van der Waals surface area contributed by atoms with Crippen molar-refractivity contribution in [2.24, 2.45) is 0 Å². The fourth-order valence-corrected chi connectivity index (χ4v) is 5.33. The zero-order valence-corrected chi connectivity index (χ0v) is 19.5. The van der Waals surface area contributed by atoms with Gasteiger partial charge in [-0.15, -0.1) is 0 Å². The Kier molecular flexibility index (Phi) is 6.31. The van der Waals surface area contributed by atoms with Crippen LogP contribution in [-0.2, 0) is 4.79 Å². The van der Waals surface area contributed by atoms with Crippen molar-refractivity contribution in [2.45, 2.75) is 24.8 Å². The maximum atomic E-state index is 15.1. The number of aromatic nitrogens is 2. The van der Waals surface area contributed by atoms with E-state index in [9.17, 15) is 9.18 Å². The monoisotopic (exact) mass is 489 g/mol. The summed E-state index contributed by atoms with van der Waals surface area (Å²) in [5.74, 6) is 0.120. The molecule has 2 aromatic heterocycles. The summed E-state index contributed by atoms with van der Waals surface area (Å²) in [6, 6.07) is 4.58. The van der Waals surface area contributed by atoms with Gasteiger partial charge in [0.2, 0.25) is 6.41 Å². The molecule has 10 heteroatoms. The van der Waals surface area contributed by atoms with Gasteiger partial charge in [0, 0.05) is 36.8 Å². The van der Waals surface area contributed by atoms with E-state index in [1.165, 1.54) is 13.2 Å². The Hall–Kier alpha value is -2.91. The van der Waals surface area contributed by atoms with E-state index in [0.29, 0.717) is 42.4 Å². The number of nitrogens with zero attached hydrogens (tertiary/aromatic N) is 3. The molecule has 2 N–H and O–H groups in total. The molecule has 2 aliphatic rings. The van der Waals surface area contributed by atoms with Crippen LogP contribution in [0, 0.1) is 11.6 Å². The highest BCUT2D eigenvalue weighted by molar-refractivity contribution is 6.31. The number of H-pyrrole nitrogens is 1. The first-order valence-electron chi connectivity index (χ1n) is 11.4. The largest absolute Gasteiger partial charge is 0.493 e. The van der Waals surface area contributed by atoms with Crippen LogP contribution in [0.15, 0.2) is 24.4 Å². The lowest BCUT2D eigenvalue weighted by atomic mass is 9.88. The summed E-state index contributed by atoms with van der Waals surface area (Å²) >= 11 is 6.27. The summed E-state index contributed by atoms with van der Waals surface area (Å²) in [5, 5.41) is 4.24. The number of benzene rings is 1. The van der Waals surface area contributed by atoms with Gasteiger partial charge in [-0.3, -0.25) is 4.79 Å². The van der Waals surface area contributed by atoms with Gasteiger partial charge in [-0.25, -0.2) is 13.8 Å². The van der Waals surface area contributed by atoms with Gasteiger partial charge in [-0.1, -0.05) is 11.6 Å². The molecule has 0 bridgehead atoms. The third kappa shape index (κ3) is 4.07. The van der Waals surface area contributed by atoms with Crippen LogP contribution < -0.4 is 15.0 Å². The molecular formula is C24H26ClF2N5O2. The van der Waals surface area contributed by atoms with Crippen LogP contribution in [-0.4, -0.2) is 61.1 Å². The van der Waals surface area contributed by atoms with E-state index in [1.807, 2.05) is 11.0 Å². The highest BCUT2D eigenvalue weighted by atomic mass is 35.5. The second-order valence-electron chi connectivity index (χ2n) is 8.78. The number of methoxy groups -OCH3 is 1. The van der Waals surface area contributed by atoms with Crippen molar-refractivity contribution in [3.8, 4) is 5.75 Å². The first-order valence-corrected chi connectivity index (χ1v) is 11.7. The zero-order chi connectivity index (χ0) is 23.8. The van der Waals surface area contributed by atoms with Gasteiger partial charge in [-0.2, -0.15) is 0 Å². The number of anilines is 1. The van der Waals surface area contributed by atoms with Gasteiger partial charge in [0.05, 0.1) is 29.9 Å². The lowest BCUT2D eigenvalue weighted by molar-refractivity contribution is -0.120. The van der Waals surface area contributed by atoms with Crippen molar-refractivity contribution >= 4 is 34.7 Å². The molecule has 3 aromatic rings. The number of fused-ring (bicyclic) bond motifs is 1. The molecule has 4 heterocycles. The molecule has 34 heavy (non-hydrogen) atoms. The van der Waals surface area contributed by atoms with E-state index in [0.717, 1.165) is 49.5 Å². The highest BCUT2D eigenvalue weighted by Gasteiger charge is 2.32. The van der Waals surface area contributed by atoms with Gasteiger partial charge in [0.15, 0.2) is 17.4 Å². The fourth-order valence-electron chi connectivity index (χ4n) is 5.12. The molecule has 1 unspecified atom stereocenters. The number of nitrogens with one attached hydrogen (secondary N) is 2. The van der Waals surface area contributed by atoms with Crippen molar-refractivity contribution in [2.75, 3.05) is 44.7 Å². The molecule has 0 radical (unpaired) electrons. The van der Waals surface area contributed by atoms with Crippen LogP contribution >= 0.6 is 11.6 Å². The molecule has 1 atom stereocenters. The summed E-state index contributed by atoms with van der Waals surface area (Å²) in [5.41, 5.74) is 2.10. The third-order valence-corrected chi connectivity index (χ3v) is 7.15. The first kappa shape index (κ1) is 22.9. The third-order valence-electron chi connectivity index (χ3n) is 6.88. The molecule has 1 aromatic carbocycles.